The Hall–Kier alpha value is -1.06. The Morgan fingerprint density at radius 1 is 1.21 bits per heavy atom. The van der Waals surface area contributed by atoms with Crippen molar-refractivity contribution in [3.05, 3.63) is 0 Å². The molecule has 0 radical (unpaired) electrons. The van der Waals surface area contributed by atoms with E-state index in [0.29, 0.717) is 0 Å². The zero-order valence-electron chi connectivity index (χ0n) is 12.4. The van der Waals surface area contributed by atoms with Crippen LogP contribution in [0.3, 0.4) is 0 Å². The van der Waals surface area contributed by atoms with Crippen molar-refractivity contribution >= 4 is 11.9 Å². The molecule has 0 heterocycles. The Morgan fingerprint density at radius 2 is 1.84 bits per heavy atom. The number of carbonyl (C=O) groups excluding carboxylic acids is 2. The molecular formula is C15H26O4. The van der Waals surface area contributed by atoms with Crippen LogP contribution in [0.15, 0.2) is 0 Å². The highest BCUT2D eigenvalue weighted by Crippen LogP contribution is 2.36. The number of esters is 2. The molecule has 0 bridgehead atoms. The van der Waals surface area contributed by atoms with Crippen LogP contribution in [0.2, 0.25) is 0 Å². The molecule has 19 heavy (non-hydrogen) atoms. The molecule has 4 heteroatoms. The second kappa shape index (κ2) is 7.51. The molecule has 0 N–H and O–H groups in total. The third-order valence-electron chi connectivity index (χ3n) is 4.05. The van der Waals surface area contributed by atoms with Gasteiger partial charge in [-0.25, -0.2) is 0 Å². The lowest BCUT2D eigenvalue weighted by molar-refractivity contribution is -0.162. The number of carbonyl (C=O) groups is 2. The number of rotatable bonds is 7. The first-order valence-electron chi connectivity index (χ1n) is 7.41. The molecule has 0 amide bonds. The van der Waals surface area contributed by atoms with Gasteiger partial charge < -0.3 is 9.47 Å². The molecule has 1 aliphatic carbocycles. The van der Waals surface area contributed by atoms with Crippen molar-refractivity contribution in [1.82, 2.24) is 0 Å². The lowest BCUT2D eigenvalue weighted by Gasteiger charge is -2.27. The molecule has 1 aliphatic rings. The highest BCUT2D eigenvalue weighted by molar-refractivity contribution is 5.73. The second-order valence-electron chi connectivity index (χ2n) is 5.44. The maximum absolute atomic E-state index is 11.8. The molecule has 0 aliphatic heterocycles. The molecule has 0 aromatic rings. The van der Waals surface area contributed by atoms with Crippen molar-refractivity contribution in [3.8, 4) is 0 Å². The third kappa shape index (κ3) is 4.84. The molecular weight excluding hydrogens is 244 g/mol. The monoisotopic (exact) mass is 270 g/mol. The maximum Gasteiger partial charge on any atom is 0.309 e. The second-order valence-corrected chi connectivity index (χ2v) is 5.44. The van der Waals surface area contributed by atoms with Crippen LogP contribution in [-0.4, -0.2) is 24.1 Å². The van der Waals surface area contributed by atoms with Gasteiger partial charge in [0.05, 0.1) is 12.3 Å². The van der Waals surface area contributed by atoms with E-state index in [4.69, 9.17) is 9.47 Å². The van der Waals surface area contributed by atoms with Gasteiger partial charge in [0.2, 0.25) is 0 Å². The van der Waals surface area contributed by atoms with Gasteiger partial charge in [0.25, 0.3) is 0 Å². The van der Waals surface area contributed by atoms with E-state index in [0.717, 1.165) is 38.5 Å². The van der Waals surface area contributed by atoms with Gasteiger partial charge in [-0.1, -0.05) is 20.8 Å². The van der Waals surface area contributed by atoms with E-state index in [1.54, 1.807) is 0 Å². The van der Waals surface area contributed by atoms with E-state index in [-0.39, 0.29) is 36.5 Å². The van der Waals surface area contributed by atoms with E-state index >= 15 is 0 Å². The zero-order valence-corrected chi connectivity index (χ0v) is 12.4. The topological polar surface area (TPSA) is 52.6 Å². The van der Waals surface area contributed by atoms with Gasteiger partial charge >= 0.3 is 11.9 Å². The van der Waals surface area contributed by atoms with Crippen molar-refractivity contribution in [1.29, 1.82) is 0 Å². The fourth-order valence-corrected chi connectivity index (χ4v) is 2.38. The predicted octanol–water partition coefficient (Wildman–Crippen LogP) is 3.23. The van der Waals surface area contributed by atoms with Gasteiger partial charge in [0.1, 0.15) is 12.2 Å². The quantitative estimate of drug-likeness (QED) is 0.666. The van der Waals surface area contributed by atoms with E-state index in [9.17, 15) is 9.59 Å². The van der Waals surface area contributed by atoms with E-state index in [1.165, 1.54) is 0 Å². The number of ether oxygens (including phenoxy) is 2. The van der Waals surface area contributed by atoms with Crippen LogP contribution in [0.5, 0.6) is 0 Å². The predicted molar refractivity (Wildman–Crippen MR) is 72.6 cm³/mol. The first-order chi connectivity index (χ1) is 9.03. The average Bonchev–Trinajstić information content (AvgIpc) is 2.86. The average molecular weight is 270 g/mol. The summed E-state index contributed by atoms with van der Waals surface area (Å²) in [7, 11) is 0. The first-order valence-corrected chi connectivity index (χ1v) is 7.41. The molecule has 0 aromatic heterocycles. The molecule has 0 spiro atoms. The summed E-state index contributed by atoms with van der Waals surface area (Å²) < 4.78 is 10.6. The third-order valence-corrected chi connectivity index (χ3v) is 4.05. The highest BCUT2D eigenvalue weighted by atomic mass is 16.6. The van der Waals surface area contributed by atoms with Gasteiger partial charge in [-0.2, -0.15) is 0 Å². The van der Waals surface area contributed by atoms with E-state index in [1.807, 2.05) is 13.8 Å². The molecule has 0 aromatic carbocycles. The van der Waals surface area contributed by atoms with Crippen LogP contribution in [-0.2, 0) is 19.1 Å². The summed E-state index contributed by atoms with van der Waals surface area (Å²) in [4.78, 5) is 23.2. The van der Waals surface area contributed by atoms with E-state index < -0.39 is 0 Å². The Morgan fingerprint density at radius 3 is 2.37 bits per heavy atom. The number of hydrogen-bond acceptors (Lipinski definition) is 4. The molecule has 1 saturated carbocycles. The smallest absolute Gasteiger partial charge is 0.309 e. The normalized spacial score (nSPS) is 18.9. The van der Waals surface area contributed by atoms with Crippen LogP contribution in [0.25, 0.3) is 0 Å². The van der Waals surface area contributed by atoms with Gasteiger partial charge in [0, 0.05) is 0 Å². The summed E-state index contributed by atoms with van der Waals surface area (Å²) >= 11 is 0. The Labute approximate surface area is 115 Å². The van der Waals surface area contributed by atoms with Crippen LogP contribution in [0.1, 0.15) is 65.7 Å². The van der Waals surface area contributed by atoms with Crippen molar-refractivity contribution in [3.63, 3.8) is 0 Å². The Bertz CT molecular complexity index is 305. The van der Waals surface area contributed by atoms with E-state index in [2.05, 4.69) is 6.92 Å². The molecule has 1 unspecified atom stereocenters. The summed E-state index contributed by atoms with van der Waals surface area (Å²) in [5.41, 5.74) is -0.252. The molecule has 4 nitrogen and oxygen atoms in total. The molecule has 110 valence electrons. The van der Waals surface area contributed by atoms with Crippen LogP contribution in [0.4, 0.5) is 0 Å². The Kier molecular flexibility index (Phi) is 6.32. The fraction of sp³-hybridized carbons (Fsp3) is 0.867. The fourth-order valence-electron chi connectivity index (χ4n) is 2.38. The van der Waals surface area contributed by atoms with Gasteiger partial charge in [-0.15, -0.1) is 0 Å². The number of hydrogen-bond donors (Lipinski definition) is 0. The first kappa shape index (κ1) is 16.0. The van der Waals surface area contributed by atoms with Crippen LogP contribution < -0.4 is 0 Å². The molecule has 1 atom stereocenters. The minimum Gasteiger partial charge on any atom is -0.465 e. The van der Waals surface area contributed by atoms with Crippen molar-refractivity contribution < 1.29 is 19.1 Å². The van der Waals surface area contributed by atoms with Gasteiger partial charge in [-0.05, 0) is 38.5 Å². The zero-order chi connectivity index (χ0) is 14.3. The Balaban J connectivity index is 2.26. The van der Waals surface area contributed by atoms with Crippen molar-refractivity contribution in [2.24, 2.45) is 5.92 Å². The summed E-state index contributed by atoms with van der Waals surface area (Å²) in [5, 5.41) is 0. The van der Waals surface area contributed by atoms with Crippen LogP contribution >= 0.6 is 0 Å². The lowest BCUT2D eigenvalue weighted by Crippen LogP contribution is -2.31. The minimum absolute atomic E-state index is 0.104. The molecule has 1 fully saturated rings. The molecule has 1 rings (SSSR count). The van der Waals surface area contributed by atoms with Crippen molar-refractivity contribution in [2.45, 2.75) is 71.3 Å². The largest absolute Gasteiger partial charge is 0.465 e. The van der Waals surface area contributed by atoms with Crippen molar-refractivity contribution in [2.75, 3.05) is 6.61 Å². The van der Waals surface area contributed by atoms with Gasteiger partial charge in [-0.3, -0.25) is 9.59 Å². The summed E-state index contributed by atoms with van der Waals surface area (Å²) in [6.45, 7) is 5.94. The molecule has 0 saturated heterocycles. The van der Waals surface area contributed by atoms with Crippen LogP contribution in [0, 0.1) is 5.92 Å². The summed E-state index contributed by atoms with van der Waals surface area (Å²) in [6.07, 6.45) is 5.95. The lowest BCUT2D eigenvalue weighted by atomic mass is 9.99. The summed E-state index contributed by atoms with van der Waals surface area (Å²) in [6, 6.07) is 0. The standard InChI is InChI=1S/C15H26O4/c1-4-12(3)14(17)18-11-8-13(16)19-15(5-2)9-6-7-10-15/h12H,4-11H2,1-3H3. The SMILES string of the molecule is CCC(C)C(=O)OCCC(=O)OC1(CC)CCCC1. The minimum atomic E-state index is -0.252. The maximum atomic E-state index is 11.8. The summed E-state index contributed by atoms with van der Waals surface area (Å²) in [5.74, 6) is -0.588. The van der Waals surface area contributed by atoms with Gasteiger partial charge in [0.15, 0.2) is 0 Å². The highest BCUT2D eigenvalue weighted by Gasteiger charge is 2.35.